The van der Waals surface area contributed by atoms with Crippen LogP contribution in [0.1, 0.15) is 18.8 Å². The highest BCUT2D eigenvalue weighted by molar-refractivity contribution is 5.69. The highest BCUT2D eigenvalue weighted by Gasteiger charge is 2.43. The third-order valence-electron chi connectivity index (χ3n) is 3.84. The molecule has 10 nitrogen and oxygen atoms in total. The second-order valence-electron chi connectivity index (χ2n) is 5.43. The fourth-order valence-electron chi connectivity index (χ4n) is 2.52. The molecule has 2 aliphatic rings. The average Bonchev–Trinajstić information content (AvgIpc) is 3.11. The molecule has 2 fully saturated rings. The zero-order chi connectivity index (χ0) is 15.9. The van der Waals surface area contributed by atoms with Gasteiger partial charge in [0.25, 0.3) is 0 Å². The van der Waals surface area contributed by atoms with Crippen LogP contribution in [0.4, 0.5) is 4.79 Å². The first-order valence-electron chi connectivity index (χ1n) is 6.99. The molecule has 5 atom stereocenters. The molecule has 1 amide bonds. The van der Waals surface area contributed by atoms with E-state index in [1.807, 2.05) is 0 Å². The summed E-state index contributed by atoms with van der Waals surface area (Å²) in [6.07, 6.45) is -4.35. The van der Waals surface area contributed by atoms with Gasteiger partial charge in [0.2, 0.25) is 0 Å². The summed E-state index contributed by atoms with van der Waals surface area (Å²) in [6, 6.07) is 0. The summed E-state index contributed by atoms with van der Waals surface area (Å²) in [7, 11) is 0. The second kappa shape index (κ2) is 5.80. The maximum absolute atomic E-state index is 11.4. The Labute approximate surface area is 125 Å². The van der Waals surface area contributed by atoms with Crippen molar-refractivity contribution in [2.24, 2.45) is 0 Å². The van der Waals surface area contributed by atoms with E-state index in [1.54, 1.807) is 6.92 Å². The molecule has 0 unspecified atom stereocenters. The van der Waals surface area contributed by atoms with Gasteiger partial charge in [-0.05, 0) is 6.92 Å². The van der Waals surface area contributed by atoms with E-state index in [-0.39, 0.29) is 6.54 Å². The molecule has 2 aliphatic heterocycles. The fourth-order valence-corrected chi connectivity index (χ4v) is 2.52. The van der Waals surface area contributed by atoms with Gasteiger partial charge in [-0.3, -0.25) is 4.90 Å². The second-order valence-corrected chi connectivity index (χ2v) is 5.43. The minimum Gasteiger partial charge on any atom is -0.448 e. The van der Waals surface area contributed by atoms with Crippen LogP contribution in [-0.2, 0) is 16.0 Å². The van der Waals surface area contributed by atoms with E-state index in [4.69, 9.17) is 9.47 Å². The van der Waals surface area contributed by atoms with Crippen LogP contribution in [0.5, 0.6) is 0 Å². The number of aliphatic hydroxyl groups is 3. The molecule has 0 saturated carbocycles. The topological polar surface area (TPSA) is 130 Å². The molecular weight excluding hydrogens is 296 g/mol. The van der Waals surface area contributed by atoms with Gasteiger partial charge >= 0.3 is 6.09 Å². The lowest BCUT2D eigenvalue weighted by Crippen LogP contribution is -2.54. The first-order valence-corrected chi connectivity index (χ1v) is 6.99. The number of cyclic esters (lactones) is 1. The summed E-state index contributed by atoms with van der Waals surface area (Å²) in [5.41, 5.74) is 0.503. The van der Waals surface area contributed by atoms with Gasteiger partial charge in [-0.1, -0.05) is 5.21 Å². The molecule has 122 valence electrons. The van der Waals surface area contributed by atoms with Crippen molar-refractivity contribution in [3.05, 3.63) is 11.9 Å². The predicted octanol–water partition coefficient (Wildman–Crippen LogP) is -1.77. The minimum atomic E-state index is -1.34. The lowest BCUT2D eigenvalue weighted by Gasteiger charge is -2.38. The highest BCUT2D eigenvalue weighted by Crippen LogP contribution is 2.27. The normalized spacial score (nSPS) is 35.7. The Morgan fingerprint density at radius 2 is 2.09 bits per heavy atom. The summed E-state index contributed by atoms with van der Waals surface area (Å²) in [4.78, 5) is 12.9. The molecule has 3 heterocycles. The number of carbonyl (C=O) groups is 1. The average molecular weight is 314 g/mol. The molecule has 10 heteroatoms. The fraction of sp³-hybridized carbons (Fsp3) is 0.750. The number of aromatic nitrogens is 3. The van der Waals surface area contributed by atoms with E-state index in [1.165, 1.54) is 15.8 Å². The Morgan fingerprint density at radius 1 is 1.32 bits per heavy atom. The number of nitrogens with zero attached hydrogens (tertiary/aromatic N) is 4. The molecular formula is C12H18N4O6. The van der Waals surface area contributed by atoms with E-state index in [0.717, 1.165) is 0 Å². The van der Waals surface area contributed by atoms with E-state index in [2.05, 4.69) is 10.3 Å². The quantitative estimate of drug-likeness (QED) is 0.597. The summed E-state index contributed by atoms with van der Waals surface area (Å²) in [5, 5.41) is 37.3. The van der Waals surface area contributed by atoms with Crippen LogP contribution in [0.2, 0.25) is 0 Å². The summed E-state index contributed by atoms with van der Waals surface area (Å²) >= 11 is 0. The van der Waals surface area contributed by atoms with Crippen molar-refractivity contribution in [3.63, 3.8) is 0 Å². The van der Waals surface area contributed by atoms with Crippen molar-refractivity contribution >= 4 is 6.09 Å². The largest absolute Gasteiger partial charge is 0.448 e. The van der Waals surface area contributed by atoms with Crippen LogP contribution in [0, 0.1) is 0 Å². The maximum Gasteiger partial charge on any atom is 0.410 e. The van der Waals surface area contributed by atoms with Gasteiger partial charge in [0, 0.05) is 0 Å². The van der Waals surface area contributed by atoms with E-state index < -0.39 is 36.7 Å². The van der Waals surface area contributed by atoms with Crippen molar-refractivity contribution in [2.45, 2.75) is 44.1 Å². The van der Waals surface area contributed by atoms with Crippen molar-refractivity contribution in [2.75, 3.05) is 13.2 Å². The van der Waals surface area contributed by atoms with Gasteiger partial charge in [-0.25, -0.2) is 9.48 Å². The first kappa shape index (κ1) is 15.2. The molecule has 3 N–H and O–H groups in total. The monoisotopic (exact) mass is 314 g/mol. The Balaban J connectivity index is 1.71. The molecule has 3 rings (SSSR count). The number of hydrogen-bond acceptors (Lipinski definition) is 8. The van der Waals surface area contributed by atoms with Gasteiger partial charge in [0.05, 0.1) is 25.4 Å². The number of amides is 1. The number of ether oxygens (including phenoxy) is 2. The molecule has 0 radical (unpaired) electrons. The molecule has 1 aromatic rings. The van der Waals surface area contributed by atoms with E-state index >= 15 is 0 Å². The molecule has 0 aliphatic carbocycles. The van der Waals surface area contributed by atoms with Crippen molar-refractivity contribution in [1.29, 1.82) is 0 Å². The van der Waals surface area contributed by atoms with Gasteiger partial charge in [0.15, 0.2) is 6.23 Å². The minimum absolute atomic E-state index is 0.238. The molecule has 2 saturated heterocycles. The smallest absolute Gasteiger partial charge is 0.410 e. The number of hydrogen-bond donors (Lipinski definition) is 3. The maximum atomic E-state index is 11.4. The van der Waals surface area contributed by atoms with Crippen molar-refractivity contribution in [1.82, 2.24) is 19.9 Å². The van der Waals surface area contributed by atoms with Crippen molar-refractivity contribution < 1.29 is 29.6 Å². The van der Waals surface area contributed by atoms with Crippen LogP contribution in [0.15, 0.2) is 6.20 Å². The summed E-state index contributed by atoms with van der Waals surface area (Å²) in [5.74, 6) is 0. The summed E-state index contributed by atoms with van der Waals surface area (Å²) < 4.78 is 11.6. The first-order chi connectivity index (χ1) is 10.5. The molecule has 0 aromatic carbocycles. The van der Waals surface area contributed by atoms with Crippen LogP contribution in [0.25, 0.3) is 0 Å². The zero-order valence-corrected chi connectivity index (χ0v) is 11.9. The Hall–Kier alpha value is -1.75. The van der Waals surface area contributed by atoms with Gasteiger partial charge in [-0.15, -0.1) is 5.10 Å². The van der Waals surface area contributed by atoms with Crippen LogP contribution in [-0.4, -0.2) is 78.9 Å². The summed E-state index contributed by atoms with van der Waals surface area (Å²) in [6.45, 7) is 2.66. The molecule has 22 heavy (non-hydrogen) atoms. The van der Waals surface area contributed by atoms with E-state index in [0.29, 0.717) is 18.8 Å². The molecule has 0 bridgehead atoms. The number of rotatable bonds is 3. The highest BCUT2D eigenvalue weighted by atomic mass is 16.6. The van der Waals surface area contributed by atoms with Crippen LogP contribution >= 0.6 is 0 Å². The third kappa shape index (κ3) is 2.65. The van der Waals surface area contributed by atoms with Crippen LogP contribution in [0.3, 0.4) is 0 Å². The SMILES string of the molecule is C[C@@H]1O[C@H](n2cc(CN3CCOC3=O)nn2)[C@@H](O)[C@H](O)[C@@H]1O. The lowest BCUT2D eigenvalue weighted by atomic mass is 9.99. The van der Waals surface area contributed by atoms with Gasteiger partial charge < -0.3 is 24.8 Å². The lowest BCUT2D eigenvalue weighted by molar-refractivity contribution is -0.243. The Morgan fingerprint density at radius 3 is 2.77 bits per heavy atom. The van der Waals surface area contributed by atoms with Gasteiger partial charge in [-0.2, -0.15) is 0 Å². The Kier molecular flexibility index (Phi) is 4.00. The standard InChI is InChI=1S/C12H18N4O6/c1-6-8(17)9(18)10(19)11(22-6)16-5-7(13-14-16)4-15-2-3-21-12(15)20/h5-6,8-11,17-19H,2-4H2,1H3/t6-,8+,9+,10-,11-/m0/s1. The Bertz CT molecular complexity index is 551. The number of carbonyl (C=O) groups excluding carboxylic acids is 1. The van der Waals surface area contributed by atoms with Crippen molar-refractivity contribution in [3.8, 4) is 0 Å². The predicted molar refractivity (Wildman–Crippen MR) is 69.4 cm³/mol. The number of aliphatic hydroxyl groups excluding tert-OH is 3. The van der Waals surface area contributed by atoms with E-state index in [9.17, 15) is 20.1 Å². The van der Waals surface area contributed by atoms with Crippen LogP contribution < -0.4 is 0 Å². The zero-order valence-electron chi connectivity index (χ0n) is 11.9. The molecule has 0 spiro atoms. The molecule has 1 aromatic heterocycles. The van der Waals surface area contributed by atoms with Gasteiger partial charge in [0.1, 0.15) is 30.6 Å². The third-order valence-corrected chi connectivity index (χ3v) is 3.84.